The summed E-state index contributed by atoms with van der Waals surface area (Å²) in [5.74, 6) is -2.48. The highest BCUT2D eigenvalue weighted by Crippen LogP contribution is 2.46. The number of carboxylic acid groups (broad SMARTS) is 1. The fourth-order valence-electron chi connectivity index (χ4n) is 4.28. The number of nitrogens with one attached hydrogen (secondary N) is 2. The van der Waals surface area contributed by atoms with Gasteiger partial charge < -0.3 is 45.5 Å². The molecule has 0 saturated carbocycles. The number of allylic oxidation sites excluding steroid dienone is 5. The van der Waals surface area contributed by atoms with Crippen molar-refractivity contribution in [3.05, 3.63) is 51.8 Å². The van der Waals surface area contributed by atoms with Crippen molar-refractivity contribution in [1.82, 2.24) is 9.71 Å². The first-order valence-electron chi connectivity index (χ1n) is 11.7. The summed E-state index contributed by atoms with van der Waals surface area (Å²) in [7, 11) is -4.82. The maximum absolute atomic E-state index is 13.0. The lowest BCUT2D eigenvalue weighted by Crippen LogP contribution is -2.58. The summed E-state index contributed by atoms with van der Waals surface area (Å²) >= 11 is 0.601. The number of aliphatic hydroxyl groups is 5. The topological polar surface area (TPSA) is 247 Å². The van der Waals surface area contributed by atoms with Crippen LogP contribution < -0.4 is 4.72 Å². The molecule has 0 bridgehead atoms. The van der Waals surface area contributed by atoms with Crippen LogP contribution in [0.4, 0.5) is 0 Å². The van der Waals surface area contributed by atoms with Crippen LogP contribution in [0, 0.1) is 17.8 Å². The summed E-state index contributed by atoms with van der Waals surface area (Å²) in [6, 6.07) is -2.83. The number of aromatic hydroxyl groups is 1. The minimum Gasteiger partial charge on any atom is -0.494 e. The number of ketones is 1. The zero-order valence-electron chi connectivity index (χ0n) is 20.9. The molecule has 9 N–H and O–H groups in total. The molecule has 0 saturated heterocycles. The average molecular weight is 599 g/mol. The molecule has 216 valence electrons. The highest BCUT2D eigenvalue weighted by molar-refractivity contribution is 8.15. The lowest BCUT2D eigenvalue weighted by molar-refractivity contribution is -0.202. The van der Waals surface area contributed by atoms with Gasteiger partial charge in [-0.3, -0.25) is 9.59 Å². The van der Waals surface area contributed by atoms with Crippen molar-refractivity contribution in [2.24, 2.45) is 5.92 Å². The fourth-order valence-corrected chi connectivity index (χ4v) is 6.71. The molecule has 14 nitrogen and oxygen atoms in total. The van der Waals surface area contributed by atoms with E-state index in [0.717, 1.165) is 19.6 Å². The predicted octanol–water partition coefficient (Wildman–Crippen LogP) is -1.01. The number of sulfonamides is 1. The summed E-state index contributed by atoms with van der Waals surface area (Å²) in [5.41, 5.74) is -4.70. The summed E-state index contributed by atoms with van der Waals surface area (Å²) in [5, 5.41) is 72.9. The number of aliphatic hydroxyl groups excluding tert-OH is 2. The van der Waals surface area contributed by atoms with Gasteiger partial charge in [-0.15, -0.1) is 0 Å². The first kappa shape index (κ1) is 29.8. The van der Waals surface area contributed by atoms with Gasteiger partial charge in [-0.25, -0.2) is 8.42 Å². The third-order valence-corrected chi connectivity index (χ3v) is 9.59. The van der Waals surface area contributed by atoms with E-state index in [4.69, 9.17) is 4.74 Å². The van der Waals surface area contributed by atoms with Gasteiger partial charge in [0.05, 0.1) is 16.2 Å². The van der Waals surface area contributed by atoms with Crippen LogP contribution in [0.2, 0.25) is 0 Å². The number of fused-ring (bicyclic) bond motifs is 1. The third-order valence-electron chi connectivity index (χ3n) is 6.60. The lowest BCUT2D eigenvalue weighted by Gasteiger charge is -2.38. The smallest absolute Gasteiger partial charge is 0.327 e. The van der Waals surface area contributed by atoms with E-state index in [9.17, 15) is 53.8 Å². The summed E-state index contributed by atoms with van der Waals surface area (Å²) in [6.45, 7) is 2.87. The van der Waals surface area contributed by atoms with Crippen molar-refractivity contribution in [2.45, 2.75) is 54.7 Å². The second-order valence-electron chi connectivity index (χ2n) is 9.70. The number of aromatic amines is 1. The number of rotatable bonds is 6. The van der Waals surface area contributed by atoms with Crippen LogP contribution >= 0.6 is 11.8 Å². The van der Waals surface area contributed by atoms with Crippen LogP contribution in [0.25, 0.3) is 0 Å². The van der Waals surface area contributed by atoms with Gasteiger partial charge in [-0.05, 0) is 19.3 Å². The van der Waals surface area contributed by atoms with Crippen LogP contribution in [0.5, 0.6) is 5.88 Å². The quantitative estimate of drug-likeness (QED) is 0.141. The van der Waals surface area contributed by atoms with Crippen LogP contribution in [-0.4, -0.2) is 83.4 Å². The number of carboxylic acids is 1. The third kappa shape index (κ3) is 5.18. The molecule has 4 rings (SSSR count). The number of thioether (sulfide) groups is 1. The monoisotopic (exact) mass is 598 g/mol. The summed E-state index contributed by atoms with van der Waals surface area (Å²) in [4.78, 5) is 26.7. The molecule has 0 spiro atoms. The van der Waals surface area contributed by atoms with E-state index in [1.807, 2.05) is 30.1 Å². The number of hydrogen-bond donors (Lipinski definition) is 9. The van der Waals surface area contributed by atoms with Crippen molar-refractivity contribution in [3.63, 3.8) is 0 Å². The molecular weight excluding hydrogens is 572 g/mol. The maximum atomic E-state index is 13.0. The van der Waals surface area contributed by atoms with Gasteiger partial charge in [-0.2, -0.15) is 4.72 Å². The predicted molar refractivity (Wildman–Crippen MR) is 137 cm³/mol. The Morgan fingerprint density at radius 1 is 1.30 bits per heavy atom. The van der Waals surface area contributed by atoms with Crippen molar-refractivity contribution >= 4 is 33.5 Å². The minimum atomic E-state index is -4.82. The van der Waals surface area contributed by atoms with Crippen LogP contribution in [-0.2, 0) is 25.3 Å². The molecule has 2 aliphatic carbocycles. The molecule has 3 aliphatic rings. The molecule has 0 aromatic carbocycles. The van der Waals surface area contributed by atoms with Gasteiger partial charge in [0.2, 0.25) is 11.6 Å². The Morgan fingerprint density at radius 3 is 2.58 bits per heavy atom. The normalized spacial score (nSPS) is 29.0. The Balaban J connectivity index is 1.60. The average Bonchev–Trinajstić information content (AvgIpc) is 3.50. The number of carbonyl (C=O) groups excluding carboxylic acids is 1. The molecule has 0 fully saturated rings. The Labute approximate surface area is 231 Å². The van der Waals surface area contributed by atoms with E-state index >= 15 is 0 Å². The van der Waals surface area contributed by atoms with Gasteiger partial charge in [0, 0.05) is 11.1 Å². The lowest BCUT2D eigenvalue weighted by atomic mass is 9.76. The van der Waals surface area contributed by atoms with Crippen molar-refractivity contribution in [3.8, 4) is 17.7 Å². The second kappa shape index (κ2) is 10.4. The summed E-state index contributed by atoms with van der Waals surface area (Å²) in [6.07, 6.45) is 3.08. The van der Waals surface area contributed by atoms with Gasteiger partial charge in [0.15, 0.2) is 11.9 Å². The zero-order chi connectivity index (χ0) is 29.8. The molecule has 40 heavy (non-hydrogen) atoms. The van der Waals surface area contributed by atoms with Crippen LogP contribution in [0.1, 0.15) is 48.0 Å². The first-order chi connectivity index (χ1) is 18.5. The van der Waals surface area contributed by atoms with Gasteiger partial charge in [-0.1, -0.05) is 48.8 Å². The molecular formula is C24H26N2O12S2. The molecule has 0 amide bonds. The molecule has 1 aliphatic heterocycles. The van der Waals surface area contributed by atoms with Gasteiger partial charge >= 0.3 is 5.97 Å². The van der Waals surface area contributed by atoms with E-state index in [0.29, 0.717) is 23.3 Å². The number of Topliss-reactive ketones (excluding diaryl/α,β-unsaturated/α-hetero) is 1. The molecule has 0 radical (unpaired) electrons. The number of carbonyl (C=O) groups is 2. The van der Waals surface area contributed by atoms with Crippen LogP contribution in [0.15, 0.2) is 35.0 Å². The molecule has 16 heteroatoms. The maximum Gasteiger partial charge on any atom is 0.327 e. The van der Waals surface area contributed by atoms with E-state index in [1.54, 1.807) is 4.72 Å². The van der Waals surface area contributed by atoms with Gasteiger partial charge in [0.1, 0.15) is 24.1 Å². The van der Waals surface area contributed by atoms with E-state index in [1.165, 1.54) is 0 Å². The van der Waals surface area contributed by atoms with E-state index < -0.39 is 78.9 Å². The van der Waals surface area contributed by atoms with Crippen molar-refractivity contribution in [1.29, 1.82) is 0 Å². The minimum absolute atomic E-state index is 0.189. The van der Waals surface area contributed by atoms with E-state index in [-0.39, 0.29) is 4.91 Å². The Kier molecular flexibility index (Phi) is 7.73. The fraction of sp³-hybridized carbons (Fsp3) is 0.417. The summed E-state index contributed by atoms with van der Waals surface area (Å²) < 4.78 is 30.9. The van der Waals surface area contributed by atoms with E-state index in [2.05, 4.69) is 11.8 Å². The van der Waals surface area contributed by atoms with Crippen molar-refractivity contribution in [2.75, 3.05) is 0 Å². The number of hydrogen-bond acceptors (Lipinski definition) is 12. The van der Waals surface area contributed by atoms with Gasteiger partial charge in [0.25, 0.3) is 14.8 Å². The van der Waals surface area contributed by atoms with Crippen LogP contribution in [0.3, 0.4) is 0 Å². The number of H-pyrrole nitrogens is 1. The molecule has 6 atom stereocenters. The standard InChI is InChI=1S/C24H26N2O12S2/c1-10-3-5-11(6-4-10)7-8-12-9-38-22(39-12)40(36,37)26-17(21(31)32)24(34,35)14-13-15(25-20(14)30)16(27)19(29)23(2,33)18(13)28/h3,5-6,9-10,17-19,22,25-26,28-30,33-35H,4H2,1-2H3,(H,31,32). The Morgan fingerprint density at radius 2 is 1.98 bits per heavy atom. The first-order valence-corrected chi connectivity index (χ1v) is 14.1. The second-order valence-corrected chi connectivity index (χ2v) is 12.9. The molecule has 1 aromatic rings. The highest BCUT2D eigenvalue weighted by Gasteiger charge is 2.57. The van der Waals surface area contributed by atoms with Crippen molar-refractivity contribution < 1.29 is 58.5 Å². The zero-order valence-corrected chi connectivity index (χ0v) is 22.5. The molecule has 2 heterocycles. The number of aliphatic carboxylic acids is 1. The number of aromatic nitrogens is 1. The highest BCUT2D eigenvalue weighted by atomic mass is 32.3. The largest absolute Gasteiger partial charge is 0.494 e. The molecule has 1 aromatic heterocycles. The SMILES string of the molecule is CC1C=CC(C#CC2=COC(S(=O)(=O)NC(C(=O)O)C(O)(O)c3c(O)[nH]c4c3C(O)C(C)(O)C(O)C4=O)S2)=CC1. The Bertz CT molecular complexity index is 1510. The number of ether oxygens (including phenoxy) is 1. The molecule has 6 unspecified atom stereocenters. The Hall–Kier alpha value is -3.14.